The van der Waals surface area contributed by atoms with Gasteiger partial charge in [0.15, 0.2) is 0 Å². The molecule has 0 spiro atoms. The lowest BCUT2D eigenvalue weighted by Gasteiger charge is -2.10. The summed E-state index contributed by atoms with van der Waals surface area (Å²) in [7, 11) is 0. The molecular weight excluding hydrogens is 376 g/mol. The van der Waals surface area contributed by atoms with Gasteiger partial charge in [-0.15, -0.1) is 0 Å². The van der Waals surface area contributed by atoms with Crippen LogP contribution < -0.4 is 5.56 Å². The molecule has 30 heavy (non-hydrogen) atoms. The van der Waals surface area contributed by atoms with Crippen molar-refractivity contribution in [1.29, 1.82) is 0 Å². The van der Waals surface area contributed by atoms with Crippen LogP contribution in [0.2, 0.25) is 0 Å². The Labute approximate surface area is 172 Å². The number of hydrogen-bond donors (Lipinski definition) is 2. The van der Waals surface area contributed by atoms with Crippen molar-refractivity contribution in [1.82, 2.24) is 20.1 Å². The lowest BCUT2D eigenvalue weighted by molar-refractivity contribution is 0.393. The molecule has 0 aliphatic heterocycles. The van der Waals surface area contributed by atoms with E-state index in [2.05, 4.69) is 33.3 Å². The van der Waals surface area contributed by atoms with Crippen LogP contribution in [0.15, 0.2) is 51.8 Å². The summed E-state index contributed by atoms with van der Waals surface area (Å²) < 4.78 is 5.43. The number of pyridine rings is 1. The van der Waals surface area contributed by atoms with Gasteiger partial charge in [-0.2, -0.15) is 0 Å². The Hall–Kier alpha value is -3.67. The van der Waals surface area contributed by atoms with E-state index >= 15 is 0 Å². The predicted molar refractivity (Wildman–Crippen MR) is 117 cm³/mol. The number of hydrogen-bond acceptors (Lipinski definition) is 4. The second kappa shape index (κ2) is 6.16. The maximum Gasteiger partial charge on any atom is 0.248 e. The van der Waals surface area contributed by atoms with Gasteiger partial charge in [0.05, 0.1) is 16.7 Å². The number of benzene rings is 2. The summed E-state index contributed by atoms with van der Waals surface area (Å²) in [5.74, 6) is 2.37. The van der Waals surface area contributed by atoms with Gasteiger partial charge in [-0.1, -0.05) is 17.3 Å². The van der Waals surface area contributed by atoms with E-state index in [-0.39, 0.29) is 5.56 Å². The van der Waals surface area contributed by atoms with Crippen molar-refractivity contribution in [3.63, 3.8) is 0 Å². The fourth-order valence-corrected chi connectivity index (χ4v) is 4.35. The van der Waals surface area contributed by atoms with Crippen LogP contribution in [0.25, 0.3) is 44.2 Å². The fourth-order valence-electron chi connectivity index (χ4n) is 4.35. The van der Waals surface area contributed by atoms with Gasteiger partial charge in [-0.05, 0) is 62.1 Å². The van der Waals surface area contributed by atoms with Gasteiger partial charge in [0, 0.05) is 34.0 Å². The Morgan fingerprint density at radius 2 is 1.87 bits per heavy atom. The topological polar surface area (TPSA) is 87.6 Å². The van der Waals surface area contributed by atoms with E-state index < -0.39 is 0 Å². The summed E-state index contributed by atoms with van der Waals surface area (Å²) in [5.41, 5.74) is 7.65. The highest BCUT2D eigenvalue weighted by Crippen LogP contribution is 2.42. The van der Waals surface area contributed by atoms with Crippen molar-refractivity contribution in [3.05, 3.63) is 70.1 Å². The molecular formula is C24H20N4O2. The number of aryl methyl sites for hydroxylation is 2. The first-order valence-corrected chi connectivity index (χ1v) is 10.2. The molecule has 148 valence electrons. The Morgan fingerprint density at radius 1 is 1.00 bits per heavy atom. The molecule has 0 saturated heterocycles. The SMILES string of the molecule is Cc1noc(C)c1-c1cc(-c2cccc3[nH]c(=O)ccc23)c2nc(C3CC3)[nH]c2c1. The number of nitrogens with zero attached hydrogens (tertiary/aromatic N) is 2. The predicted octanol–water partition coefficient (Wildman–Crippen LogP) is 5.22. The second-order valence-electron chi connectivity index (χ2n) is 8.10. The molecule has 0 radical (unpaired) electrons. The lowest BCUT2D eigenvalue weighted by Crippen LogP contribution is -2.02. The standard InChI is InChI=1S/C24H20N4O2/c1-12-22(13(2)30-28-12)15-10-18(23-20(11-15)26-24(27-23)14-6-7-14)16-4-3-5-19-17(16)8-9-21(29)25-19/h3-5,8-11,14H,6-7H2,1-2H3,(H,25,29)(H,26,27). The summed E-state index contributed by atoms with van der Waals surface area (Å²) in [6.45, 7) is 3.89. The molecule has 0 unspecified atom stereocenters. The molecule has 1 aliphatic carbocycles. The lowest BCUT2D eigenvalue weighted by atomic mass is 9.94. The molecule has 1 saturated carbocycles. The Morgan fingerprint density at radius 3 is 2.63 bits per heavy atom. The minimum Gasteiger partial charge on any atom is -0.361 e. The van der Waals surface area contributed by atoms with Crippen LogP contribution in [0.3, 0.4) is 0 Å². The van der Waals surface area contributed by atoms with Gasteiger partial charge < -0.3 is 14.5 Å². The van der Waals surface area contributed by atoms with Crippen LogP contribution in [-0.2, 0) is 0 Å². The van der Waals surface area contributed by atoms with E-state index in [0.29, 0.717) is 5.92 Å². The maximum atomic E-state index is 11.8. The number of H-pyrrole nitrogens is 2. The molecule has 1 aliphatic rings. The molecule has 0 atom stereocenters. The first kappa shape index (κ1) is 17.2. The molecule has 3 aromatic heterocycles. The Balaban J connectivity index is 1.69. The van der Waals surface area contributed by atoms with Crippen LogP contribution in [-0.4, -0.2) is 20.1 Å². The van der Waals surface area contributed by atoms with Crippen LogP contribution in [0.4, 0.5) is 0 Å². The summed E-state index contributed by atoms with van der Waals surface area (Å²) in [5, 5.41) is 5.13. The third-order valence-electron chi connectivity index (χ3n) is 5.95. The van der Waals surface area contributed by atoms with Crippen molar-refractivity contribution in [3.8, 4) is 22.3 Å². The number of aromatic nitrogens is 4. The molecule has 3 heterocycles. The molecule has 6 nitrogen and oxygen atoms in total. The highest BCUT2D eigenvalue weighted by atomic mass is 16.5. The van der Waals surface area contributed by atoms with Crippen molar-refractivity contribution in [2.75, 3.05) is 0 Å². The van der Waals surface area contributed by atoms with E-state index in [0.717, 1.165) is 61.5 Å². The van der Waals surface area contributed by atoms with Gasteiger partial charge in [0.25, 0.3) is 0 Å². The van der Waals surface area contributed by atoms with E-state index in [1.54, 1.807) is 6.07 Å². The molecule has 6 rings (SSSR count). The van der Waals surface area contributed by atoms with Crippen molar-refractivity contribution < 1.29 is 4.52 Å². The first-order valence-electron chi connectivity index (χ1n) is 10.2. The van der Waals surface area contributed by atoms with Crippen LogP contribution in [0.5, 0.6) is 0 Å². The first-order chi connectivity index (χ1) is 14.6. The molecule has 0 bridgehead atoms. The molecule has 2 aromatic carbocycles. The van der Waals surface area contributed by atoms with E-state index in [1.165, 1.54) is 12.8 Å². The summed E-state index contributed by atoms with van der Waals surface area (Å²) in [6, 6.07) is 13.7. The molecule has 0 amide bonds. The minimum atomic E-state index is -0.106. The molecule has 1 fully saturated rings. The third-order valence-corrected chi connectivity index (χ3v) is 5.95. The fraction of sp³-hybridized carbons (Fsp3) is 0.208. The molecule has 6 heteroatoms. The number of imidazole rings is 1. The number of aromatic amines is 2. The van der Waals surface area contributed by atoms with Crippen LogP contribution in [0.1, 0.15) is 36.0 Å². The molecule has 2 N–H and O–H groups in total. The quantitative estimate of drug-likeness (QED) is 0.438. The van der Waals surface area contributed by atoms with Gasteiger partial charge in [0.2, 0.25) is 5.56 Å². The highest BCUT2D eigenvalue weighted by Gasteiger charge is 2.28. The minimum absolute atomic E-state index is 0.106. The van der Waals surface area contributed by atoms with Crippen molar-refractivity contribution >= 4 is 21.9 Å². The Bertz CT molecular complexity index is 1480. The van der Waals surface area contributed by atoms with E-state index in [9.17, 15) is 4.79 Å². The maximum absolute atomic E-state index is 11.8. The third kappa shape index (κ3) is 2.60. The number of nitrogens with one attached hydrogen (secondary N) is 2. The van der Waals surface area contributed by atoms with Crippen LogP contribution in [0, 0.1) is 13.8 Å². The van der Waals surface area contributed by atoms with Gasteiger partial charge in [-0.25, -0.2) is 4.98 Å². The van der Waals surface area contributed by atoms with E-state index in [4.69, 9.17) is 9.51 Å². The van der Waals surface area contributed by atoms with Gasteiger partial charge in [-0.3, -0.25) is 4.79 Å². The summed E-state index contributed by atoms with van der Waals surface area (Å²) in [6.07, 6.45) is 2.36. The average Bonchev–Trinajstić information content (AvgIpc) is 3.41. The van der Waals surface area contributed by atoms with Crippen molar-refractivity contribution in [2.45, 2.75) is 32.6 Å². The monoisotopic (exact) mass is 396 g/mol. The zero-order chi connectivity index (χ0) is 20.4. The normalized spacial score (nSPS) is 14.1. The van der Waals surface area contributed by atoms with Crippen molar-refractivity contribution in [2.24, 2.45) is 0 Å². The second-order valence-corrected chi connectivity index (χ2v) is 8.10. The zero-order valence-electron chi connectivity index (χ0n) is 16.7. The summed E-state index contributed by atoms with van der Waals surface area (Å²) >= 11 is 0. The number of fused-ring (bicyclic) bond motifs is 2. The Kier molecular flexibility index (Phi) is 3.53. The number of rotatable bonds is 3. The highest BCUT2D eigenvalue weighted by molar-refractivity contribution is 6.04. The van der Waals surface area contributed by atoms with Gasteiger partial charge in [0.1, 0.15) is 11.6 Å². The van der Waals surface area contributed by atoms with Crippen LogP contribution >= 0.6 is 0 Å². The van der Waals surface area contributed by atoms with Gasteiger partial charge >= 0.3 is 0 Å². The average molecular weight is 396 g/mol. The molecule has 5 aromatic rings. The zero-order valence-corrected chi connectivity index (χ0v) is 16.7. The summed E-state index contributed by atoms with van der Waals surface area (Å²) in [4.78, 5) is 23.3. The largest absolute Gasteiger partial charge is 0.361 e. The van der Waals surface area contributed by atoms with E-state index in [1.807, 2.05) is 32.0 Å². The smallest absolute Gasteiger partial charge is 0.248 e.